The van der Waals surface area contributed by atoms with Gasteiger partial charge in [-0.2, -0.15) is 0 Å². The van der Waals surface area contributed by atoms with Crippen molar-refractivity contribution < 1.29 is 19.4 Å². The maximum absolute atomic E-state index is 10.4. The smallest absolute Gasteiger partial charge is 0.128 e. The van der Waals surface area contributed by atoms with Crippen LogP contribution in [0.2, 0.25) is 0 Å². The quantitative estimate of drug-likeness (QED) is 0.628. The predicted molar refractivity (Wildman–Crippen MR) is 45.6 cm³/mol. The largest absolute Gasteiger partial charge is 0.547 e. The topological polar surface area (TPSA) is 61.9 Å². The number of hydrogen-bond donors (Lipinski definition) is 0. The van der Waals surface area contributed by atoms with Crippen LogP contribution in [0, 0.1) is 0 Å². The van der Waals surface area contributed by atoms with E-state index in [1.807, 2.05) is 0 Å². The molecule has 0 spiro atoms. The van der Waals surface area contributed by atoms with Crippen LogP contribution in [-0.2, 0) is 9.53 Å². The number of aliphatic carboxylic acids is 1. The number of ether oxygens (including phenoxy) is 2. The first-order chi connectivity index (χ1) is 6.72. The third kappa shape index (κ3) is 1.56. The summed E-state index contributed by atoms with van der Waals surface area (Å²) in [6.07, 6.45) is -1.14. The van der Waals surface area contributed by atoms with E-state index >= 15 is 0 Å². The van der Waals surface area contributed by atoms with Crippen molar-refractivity contribution in [2.24, 2.45) is 0 Å². The van der Waals surface area contributed by atoms with Crippen molar-refractivity contribution in [3.63, 3.8) is 0 Å². The van der Waals surface area contributed by atoms with Crippen LogP contribution in [0.5, 0.6) is 5.75 Å². The second-order valence-electron chi connectivity index (χ2n) is 3.07. The molecule has 14 heavy (non-hydrogen) atoms. The zero-order valence-corrected chi connectivity index (χ0v) is 7.60. The first-order valence-corrected chi connectivity index (χ1v) is 4.22. The molecule has 1 fully saturated rings. The number of methoxy groups -OCH3 is 1. The Morgan fingerprint density at radius 2 is 2.07 bits per heavy atom. The first kappa shape index (κ1) is 9.02. The molecule has 4 heteroatoms. The summed E-state index contributed by atoms with van der Waals surface area (Å²) in [6.45, 7) is 0. The third-order valence-corrected chi connectivity index (χ3v) is 2.17. The number of carboxylic acids is 1. The van der Waals surface area contributed by atoms with E-state index in [-0.39, 0.29) is 6.10 Å². The summed E-state index contributed by atoms with van der Waals surface area (Å²) in [5.74, 6) is -0.426. The Hall–Kier alpha value is -1.55. The van der Waals surface area contributed by atoms with Crippen LogP contribution >= 0.6 is 0 Å². The SMILES string of the molecule is COc1ccc([C@H]2O[C@H]2C(=O)[O-])cc1. The number of carbonyl (C=O) groups excluding carboxylic acids is 1. The molecule has 0 radical (unpaired) electrons. The molecule has 0 bridgehead atoms. The van der Waals surface area contributed by atoms with Crippen molar-refractivity contribution in [2.45, 2.75) is 12.2 Å². The molecule has 1 aliphatic rings. The fourth-order valence-corrected chi connectivity index (χ4v) is 1.34. The lowest BCUT2D eigenvalue weighted by Crippen LogP contribution is -2.28. The van der Waals surface area contributed by atoms with Crippen molar-refractivity contribution in [2.75, 3.05) is 7.11 Å². The molecule has 0 aromatic heterocycles. The summed E-state index contributed by atoms with van der Waals surface area (Å²) in [4.78, 5) is 10.4. The highest BCUT2D eigenvalue weighted by Gasteiger charge is 2.41. The highest BCUT2D eigenvalue weighted by atomic mass is 16.6. The molecule has 2 rings (SSSR count). The van der Waals surface area contributed by atoms with E-state index in [1.54, 1.807) is 31.4 Å². The molecule has 74 valence electrons. The van der Waals surface area contributed by atoms with Gasteiger partial charge in [-0.1, -0.05) is 12.1 Å². The average molecular weight is 193 g/mol. The Morgan fingerprint density at radius 1 is 1.43 bits per heavy atom. The maximum atomic E-state index is 10.4. The highest BCUT2D eigenvalue weighted by Crippen LogP contribution is 2.38. The molecule has 1 heterocycles. The average Bonchev–Trinajstić information content (AvgIpc) is 2.97. The number of carboxylic acid groups (broad SMARTS) is 1. The van der Waals surface area contributed by atoms with Crippen LogP contribution in [0.4, 0.5) is 0 Å². The van der Waals surface area contributed by atoms with Gasteiger partial charge in [0.25, 0.3) is 0 Å². The molecule has 1 saturated heterocycles. The Labute approximate surface area is 81.1 Å². The zero-order chi connectivity index (χ0) is 10.1. The Balaban J connectivity index is 2.08. The van der Waals surface area contributed by atoms with Crippen LogP contribution in [0.1, 0.15) is 11.7 Å². The van der Waals surface area contributed by atoms with Crippen LogP contribution in [0.15, 0.2) is 24.3 Å². The molecule has 1 aromatic carbocycles. The van der Waals surface area contributed by atoms with E-state index < -0.39 is 12.1 Å². The summed E-state index contributed by atoms with van der Waals surface area (Å²) in [5.41, 5.74) is 0.833. The second-order valence-corrected chi connectivity index (χ2v) is 3.07. The van der Waals surface area contributed by atoms with Crippen molar-refractivity contribution in [1.82, 2.24) is 0 Å². The van der Waals surface area contributed by atoms with Gasteiger partial charge in [0.1, 0.15) is 18.0 Å². The van der Waals surface area contributed by atoms with Gasteiger partial charge in [-0.3, -0.25) is 0 Å². The molecule has 2 atom stereocenters. The van der Waals surface area contributed by atoms with E-state index in [4.69, 9.17) is 9.47 Å². The summed E-state index contributed by atoms with van der Waals surface area (Å²) < 4.78 is 9.91. The van der Waals surface area contributed by atoms with Gasteiger partial charge in [0.15, 0.2) is 0 Å². The molecular formula is C10H9O4-. The Bertz CT molecular complexity index is 344. The van der Waals surface area contributed by atoms with Gasteiger partial charge in [-0.05, 0) is 17.7 Å². The monoisotopic (exact) mass is 193 g/mol. The zero-order valence-electron chi connectivity index (χ0n) is 7.60. The minimum absolute atomic E-state index is 0.356. The van der Waals surface area contributed by atoms with Gasteiger partial charge < -0.3 is 19.4 Å². The minimum atomic E-state index is -1.16. The van der Waals surface area contributed by atoms with Crippen molar-refractivity contribution in [3.05, 3.63) is 29.8 Å². The molecule has 0 unspecified atom stereocenters. The number of benzene rings is 1. The van der Waals surface area contributed by atoms with E-state index in [9.17, 15) is 9.90 Å². The second kappa shape index (κ2) is 3.31. The van der Waals surface area contributed by atoms with E-state index in [2.05, 4.69) is 0 Å². The summed E-state index contributed by atoms with van der Waals surface area (Å²) in [5, 5.41) is 10.4. The standard InChI is InChI=1S/C10H10O4/c1-13-7-4-2-6(3-5-7)8-9(14-8)10(11)12/h2-5,8-9H,1H3,(H,11,12)/p-1/t8-,9-/m1/s1. The fourth-order valence-electron chi connectivity index (χ4n) is 1.34. The molecule has 0 amide bonds. The first-order valence-electron chi connectivity index (χ1n) is 4.22. The third-order valence-electron chi connectivity index (χ3n) is 2.17. The molecule has 0 saturated carbocycles. The van der Waals surface area contributed by atoms with Crippen molar-refractivity contribution in [3.8, 4) is 5.75 Å². The normalized spacial score (nSPS) is 24.4. The molecule has 1 aliphatic heterocycles. The number of epoxide rings is 1. The van der Waals surface area contributed by atoms with Gasteiger partial charge in [0.2, 0.25) is 0 Å². The molecule has 1 aromatic rings. The van der Waals surface area contributed by atoms with E-state index in [1.165, 1.54) is 0 Å². The van der Waals surface area contributed by atoms with E-state index in [0.717, 1.165) is 11.3 Å². The lowest BCUT2D eigenvalue weighted by molar-refractivity contribution is -0.307. The maximum Gasteiger partial charge on any atom is 0.128 e. The lowest BCUT2D eigenvalue weighted by Gasteiger charge is -2.00. The molecular weight excluding hydrogens is 184 g/mol. The minimum Gasteiger partial charge on any atom is -0.547 e. The fraction of sp³-hybridized carbons (Fsp3) is 0.300. The van der Waals surface area contributed by atoms with Crippen LogP contribution in [-0.4, -0.2) is 19.2 Å². The van der Waals surface area contributed by atoms with Crippen LogP contribution in [0.3, 0.4) is 0 Å². The van der Waals surface area contributed by atoms with E-state index in [0.29, 0.717) is 0 Å². The van der Waals surface area contributed by atoms with Crippen molar-refractivity contribution in [1.29, 1.82) is 0 Å². The molecule has 0 N–H and O–H groups in total. The van der Waals surface area contributed by atoms with Gasteiger partial charge in [0.05, 0.1) is 13.1 Å². The number of rotatable bonds is 3. The molecule has 0 aliphatic carbocycles. The highest BCUT2D eigenvalue weighted by molar-refractivity contribution is 5.74. The Morgan fingerprint density at radius 3 is 2.50 bits per heavy atom. The number of hydrogen-bond acceptors (Lipinski definition) is 4. The van der Waals surface area contributed by atoms with Crippen molar-refractivity contribution >= 4 is 5.97 Å². The number of carbonyl (C=O) groups is 1. The van der Waals surface area contributed by atoms with Crippen LogP contribution < -0.4 is 9.84 Å². The van der Waals surface area contributed by atoms with Gasteiger partial charge >= 0.3 is 0 Å². The summed E-state index contributed by atoms with van der Waals surface area (Å²) in [7, 11) is 1.58. The lowest BCUT2D eigenvalue weighted by atomic mass is 10.1. The van der Waals surface area contributed by atoms with Gasteiger partial charge in [-0.25, -0.2) is 0 Å². The van der Waals surface area contributed by atoms with Gasteiger partial charge in [-0.15, -0.1) is 0 Å². The summed E-state index contributed by atoms with van der Waals surface area (Å²) in [6, 6.07) is 7.10. The molecule has 4 nitrogen and oxygen atoms in total. The summed E-state index contributed by atoms with van der Waals surface area (Å²) >= 11 is 0. The Kier molecular flexibility index (Phi) is 2.13. The van der Waals surface area contributed by atoms with Gasteiger partial charge in [0, 0.05) is 0 Å². The van der Waals surface area contributed by atoms with Crippen LogP contribution in [0.25, 0.3) is 0 Å². The predicted octanol–water partition coefficient (Wildman–Crippen LogP) is -0.115.